The van der Waals surface area contributed by atoms with Crippen LogP contribution in [-0.4, -0.2) is 54.3 Å². The Morgan fingerprint density at radius 2 is 1.64 bits per heavy atom. The summed E-state index contributed by atoms with van der Waals surface area (Å²) in [6.45, 7) is 3.51. The van der Waals surface area contributed by atoms with Crippen molar-refractivity contribution in [2.75, 3.05) is 25.2 Å². The quantitative estimate of drug-likeness (QED) is 0.487. The van der Waals surface area contributed by atoms with E-state index in [0.717, 1.165) is 22.3 Å². The van der Waals surface area contributed by atoms with Gasteiger partial charge in [-0.3, -0.25) is 4.79 Å². The highest BCUT2D eigenvalue weighted by molar-refractivity contribution is 7.98. The van der Waals surface area contributed by atoms with E-state index in [1.165, 1.54) is 11.8 Å². The lowest BCUT2D eigenvalue weighted by Crippen LogP contribution is -2.50. The number of carboxylic acids is 1. The van der Waals surface area contributed by atoms with Gasteiger partial charge in [-0.2, -0.15) is 11.8 Å². The molecule has 0 radical (unpaired) electrons. The van der Waals surface area contributed by atoms with Crippen molar-refractivity contribution in [3.05, 3.63) is 59.7 Å². The lowest BCUT2D eigenvalue weighted by molar-refractivity contribution is -0.143. The van der Waals surface area contributed by atoms with Crippen LogP contribution in [-0.2, 0) is 14.3 Å². The summed E-state index contributed by atoms with van der Waals surface area (Å²) in [5.41, 5.74) is 3.54. The Morgan fingerprint density at radius 1 is 1.06 bits per heavy atom. The predicted octanol–water partition coefficient (Wildman–Crippen LogP) is 3.87. The van der Waals surface area contributed by atoms with E-state index in [1.54, 1.807) is 13.8 Å². The number of ether oxygens (including phenoxy) is 1. The fourth-order valence-corrected chi connectivity index (χ4v) is 4.34. The van der Waals surface area contributed by atoms with Crippen LogP contribution in [0.25, 0.3) is 11.1 Å². The summed E-state index contributed by atoms with van der Waals surface area (Å²) in [6.07, 6.45) is 1.59. The van der Waals surface area contributed by atoms with Gasteiger partial charge in [-0.1, -0.05) is 48.5 Å². The Balaban J connectivity index is 1.55. The largest absolute Gasteiger partial charge is 0.480 e. The zero-order valence-corrected chi connectivity index (χ0v) is 19.9. The molecule has 0 spiro atoms. The maximum absolute atomic E-state index is 12.6. The topological polar surface area (TPSA) is 105 Å². The number of carboxylic acid groups (broad SMARTS) is 1. The zero-order valence-electron chi connectivity index (χ0n) is 19.1. The average Bonchev–Trinajstić information content (AvgIpc) is 3.12. The van der Waals surface area contributed by atoms with Crippen molar-refractivity contribution in [1.82, 2.24) is 10.6 Å². The van der Waals surface area contributed by atoms with E-state index >= 15 is 0 Å². The van der Waals surface area contributed by atoms with Crippen molar-refractivity contribution in [2.45, 2.75) is 32.2 Å². The van der Waals surface area contributed by atoms with Crippen molar-refractivity contribution in [1.29, 1.82) is 0 Å². The van der Waals surface area contributed by atoms with Gasteiger partial charge in [-0.05, 0) is 54.5 Å². The van der Waals surface area contributed by atoms with E-state index in [-0.39, 0.29) is 19.1 Å². The summed E-state index contributed by atoms with van der Waals surface area (Å²) in [6, 6.07) is 15.2. The van der Waals surface area contributed by atoms with Crippen LogP contribution in [0.5, 0.6) is 0 Å². The van der Waals surface area contributed by atoms with Gasteiger partial charge in [0.15, 0.2) is 0 Å². The molecule has 3 rings (SSSR count). The van der Waals surface area contributed by atoms with Crippen molar-refractivity contribution >= 4 is 29.7 Å². The monoisotopic (exact) mass is 470 g/mol. The first-order chi connectivity index (χ1) is 15.7. The average molecular weight is 471 g/mol. The van der Waals surface area contributed by atoms with Crippen LogP contribution in [0.3, 0.4) is 0 Å². The number of hydrogen-bond acceptors (Lipinski definition) is 5. The number of benzene rings is 2. The molecule has 1 atom stereocenters. The molecule has 0 bridgehead atoms. The number of hydrogen-bond donors (Lipinski definition) is 3. The fourth-order valence-electron chi connectivity index (χ4n) is 3.87. The molecule has 2 aromatic rings. The van der Waals surface area contributed by atoms with Crippen LogP contribution < -0.4 is 10.6 Å². The zero-order chi connectivity index (χ0) is 24.0. The summed E-state index contributed by atoms with van der Waals surface area (Å²) in [7, 11) is 0. The third kappa shape index (κ3) is 5.87. The summed E-state index contributed by atoms with van der Waals surface area (Å²) < 4.78 is 5.51. The smallest absolute Gasteiger partial charge is 0.407 e. The van der Waals surface area contributed by atoms with Crippen LogP contribution in [0.1, 0.15) is 37.3 Å². The number of fused-ring (bicyclic) bond motifs is 3. The van der Waals surface area contributed by atoms with Crippen molar-refractivity contribution < 1.29 is 24.2 Å². The van der Waals surface area contributed by atoms with E-state index in [0.29, 0.717) is 12.2 Å². The molecule has 0 saturated carbocycles. The molecule has 8 heteroatoms. The molecular weight excluding hydrogens is 440 g/mol. The third-order valence-corrected chi connectivity index (χ3v) is 6.49. The van der Waals surface area contributed by atoms with Gasteiger partial charge >= 0.3 is 12.1 Å². The molecule has 0 saturated heterocycles. The van der Waals surface area contributed by atoms with Gasteiger partial charge in [0.1, 0.15) is 12.6 Å². The number of amides is 2. The first kappa shape index (κ1) is 24.6. The van der Waals surface area contributed by atoms with Crippen LogP contribution in [0.15, 0.2) is 48.5 Å². The third-order valence-electron chi connectivity index (χ3n) is 5.85. The Labute approximate surface area is 198 Å². The summed E-state index contributed by atoms with van der Waals surface area (Å²) >= 11 is 1.52. The minimum Gasteiger partial charge on any atom is -0.480 e. The maximum Gasteiger partial charge on any atom is 0.407 e. The second-order valence-corrected chi connectivity index (χ2v) is 9.69. The van der Waals surface area contributed by atoms with E-state index < -0.39 is 29.4 Å². The molecule has 176 valence electrons. The van der Waals surface area contributed by atoms with E-state index in [9.17, 15) is 19.5 Å². The van der Waals surface area contributed by atoms with Gasteiger partial charge in [-0.15, -0.1) is 0 Å². The lowest BCUT2D eigenvalue weighted by atomic mass is 9.91. The van der Waals surface area contributed by atoms with E-state index in [4.69, 9.17) is 4.74 Å². The molecule has 0 heterocycles. The van der Waals surface area contributed by atoms with Gasteiger partial charge in [0.2, 0.25) is 5.91 Å². The SMILES string of the molecule is CSCC[C@@H](NC(=O)C(C)(C)CNC(=O)OCC1c2ccccc2-c2ccccc21)C(=O)O. The Kier molecular flexibility index (Phi) is 8.02. The molecule has 1 aliphatic carbocycles. The van der Waals surface area contributed by atoms with Crippen LogP contribution in [0.4, 0.5) is 4.79 Å². The molecule has 0 aliphatic heterocycles. The molecule has 1 aliphatic rings. The molecule has 0 unspecified atom stereocenters. The molecule has 2 amide bonds. The van der Waals surface area contributed by atoms with Crippen molar-refractivity contribution in [3.8, 4) is 11.1 Å². The van der Waals surface area contributed by atoms with E-state index in [2.05, 4.69) is 22.8 Å². The van der Waals surface area contributed by atoms with Crippen LogP contribution in [0, 0.1) is 5.41 Å². The second kappa shape index (κ2) is 10.7. The Morgan fingerprint density at radius 3 is 2.18 bits per heavy atom. The molecule has 2 aromatic carbocycles. The fraction of sp³-hybridized carbons (Fsp3) is 0.400. The number of thioether (sulfide) groups is 1. The predicted molar refractivity (Wildman–Crippen MR) is 129 cm³/mol. The highest BCUT2D eigenvalue weighted by Gasteiger charge is 2.33. The number of carbonyl (C=O) groups excluding carboxylic acids is 2. The molecule has 0 fully saturated rings. The van der Waals surface area contributed by atoms with Crippen LogP contribution >= 0.6 is 11.8 Å². The molecule has 7 nitrogen and oxygen atoms in total. The van der Waals surface area contributed by atoms with E-state index in [1.807, 2.05) is 42.7 Å². The first-order valence-electron chi connectivity index (χ1n) is 10.9. The van der Waals surface area contributed by atoms with Gasteiger partial charge in [0.25, 0.3) is 0 Å². The standard InChI is InChI=1S/C25H30N2O5S/c1-25(2,23(30)27-21(22(28)29)12-13-33-3)15-26-24(31)32-14-20-18-10-6-4-8-16(18)17-9-5-7-11-19(17)20/h4-11,20-21H,12-15H2,1-3H3,(H,26,31)(H,27,30)(H,28,29)/t21-/m1/s1. The van der Waals surface area contributed by atoms with Gasteiger partial charge in [0, 0.05) is 12.5 Å². The number of alkyl carbamates (subject to hydrolysis) is 1. The molecule has 33 heavy (non-hydrogen) atoms. The normalized spacial score (nSPS) is 13.5. The summed E-state index contributed by atoms with van der Waals surface area (Å²) in [5, 5.41) is 14.6. The second-order valence-electron chi connectivity index (χ2n) is 8.71. The minimum atomic E-state index is -1.07. The van der Waals surface area contributed by atoms with Gasteiger partial charge in [0.05, 0.1) is 5.41 Å². The highest BCUT2D eigenvalue weighted by Crippen LogP contribution is 2.44. The lowest BCUT2D eigenvalue weighted by Gasteiger charge is -2.26. The summed E-state index contributed by atoms with van der Waals surface area (Å²) in [5.74, 6) is -0.935. The number of aliphatic carboxylic acids is 1. The molecule has 3 N–H and O–H groups in total. The highest BCUT2D eigenvalue weighted by atomic mass is 32.2. The maximum atomic E-state index is 12.6. The number of carbonyl (C=O) groups is 3. The number of rotatable bonds is 10. The summed E-state index contributed by atoms with van der Waals surface area (Å²) in [4.78, 5) is 36.4. The van der Waals surface area contributed by atoms with Crippen molar-refractivity contribution in [3.63, 3.8) is 0 Å². The van der Waals surface area contributed by atoms with Gasteiger partial charge < -0.3 is 20.5 Å². The van der Waals surface area contributed by atoms with Crippen LogP contribution in [0.2, 0.25) is 0 Å². The van der Waals surface area contributed by atoms with Gasteiger partial charge in [-0.25, -0.2) is 9.59 Å². The molecular formula is C25H30N2O5S. The van der Waals surface area contributed by atoms with Crippen molar-refractivity contribution in [2.24, 2.45) is 5.41 Å². The Hall–Kier alpha value is -3.00. The first-order valence-corrected chi connectivity index (χ1v) is 12.3. The molecule has 0 aromatic heterocycles. The minimum absolute atomic E-state index is 0.0182. The number of nitrogens with one attached hydrogen (secondary N) is 2. The Bertz CT molecular complexity index is 978.